The van der Waals surface area contributed by atoms with Crippen molar-refractivity contribution in [3.8, 4) is 11.5 Å². The van der Waals surface area contributed by atoms with Crippen molar-refractivity contribution in [1.82, 2.24) is 4.90 Å². The van der Waals surface area contributed by atoms with Crippen LogP contribution in [0.3, 0.4) is 0 Å². The van der Waals surface area contributed by atoms with E-state index in [1.165, 1.54) is 0 Å². The van der Waals surface area contributed by atoms with Crippen LogP contribution in [0.4, 0.5) is 0 Å². The number of benzene rings is 1. The van der Waals surface area contributed by atoms with Crippen molar-refractivity contribution >= 4 is 5.97 Å². The highest BCUT2D eigenvalue weighted by atomic mass is 16.5. The van der Waals surface area contributed by atoms with Crippen molar-refractivity contribution in [2.75, 3.05) is 27.3 Å². The molecule has 1 aromatic carbocycles. The highest BCUT2D eigenvalue weighted by molar-refractivity contribution is 5.69. The molecule has 1 atom stereocenters. The maximum absolute atomic E-state index is 10.9. The summed E-state index contributed by atoms with van der Waals surface area (Å²) in [5.74, 6) is 0.699. The van der Waals surface area contributed by atoms with Gasteiger partial charge in [0.2, 0.25) is 0 Å². The maximum Gasteiger partial charge on any atom is 0.317 e. The molecule has 1 aliphatic rings. The third-order valence-electron chi connectivity index (χ3n) is 3.50. The summed E-state index contributed by atoms with van der Waals surface area (Å²) in [6, 6.07) is 5.79. The van der Waals surface area contributed by atoms with Crippen LogP contribution in [0.2, 0.25) is 0 Å². The number of carboxylic acid groups (broad SMARTS) is 1. The molecule has 1 saturated heterocycles. The van der Waals surface area contributed by atoms with Gasteiger partial charge in [0.05, 0.1) is 20.8 Å². The topological polar surface area (TPSA) is 59.0 Å². The lowest BCUT2D eigenvalue weighted by atomic mass is 10.0. The molecule has 19 heavy (non-hydrogen) atoms. The number of rotatable bonds is 5. The third-order valence-corrected chi connectivity index (χ3v) is 3.50. The number of carboxylic acids is 1. The van der Waals surface area contributed by atoms with Crippen molar-refractivity contribution < 1.29 is 19.4 Å². The predicted octanol–water partition coefficient (Wildman–Crippen LogP) is 1.93. The third kappa shape index (κ3) is 2.98. The monoisotopic (exact) mass is 265 g/mol. The number of nitrogens with zero attached hydrogens (tertiary/aromatic N) is 1. The molecule has 0 aromatic heterocycles. The van der Waals surface area contributed by atoms with Crippen molar-refractivity contribution in [2.45, 2.75) is 18.9 Å². The lowest BCUT2D eigenvalue weighted by molar-refractivity contribution is -0.138. The van der Waals surface area contributed by atoms with E-state index in [2.05, 4.69) is 0 Å². The molecule has 0 bridgehead atoms. The molecule has 1 aliphatic heterocycles. The molecule has 0 radical (unpaired) electrons. The standard InChI is InChI=1S/C14H19NO4/c1-18-10-5-6-11(13(8-10)19-2)12-4-3-7-15(12)9-14(16)17/h5-6,8,12H,3-4,7,9H2,1-2H3,(H,16,17). The molecule has 1 fully saturated rings. The highest BCUT2D eigenvalue weighted by Crippen LogP contribution is 2.38. The first kappa shape index (κ1) is 13.7. The molecule has 104 valence electrons. The van der Waals surface area contributed by atoms with Crippen molar-refractivity contribution in [2.24, 2.45) is 0 Å². The number of hydrogen-bond donors (Lipinski definition) is 1. The van der Waals surface area contributed by atoms with Gasteiger partial charge in [0, 0.05) is 17.7 Å². The van der Waals surface area contributed by atoms with Gasteiger partial charge in [-0.2, -0.15) is 0 Å². The van der Waals surface area contributed by atoms with E-state index in [0.717, 1.165) is 36.4 Å². The van der Waals surface area contributed by atoms with Crippen LogP contribution in [0.5, 0.6) is 11.5 Å². The van der Waals surface area contributed by atoms with Gasteiger partial charge in [0.25, 0.3) is 0 Å². The Hall–Kier alpha value is -1.75. The molecule has 5 heteroatoms. The summed E-state index contributed by atoms with van der Waals surface area (Å²) in [6.07, 6.45) is 1.96. The Morgan fingerprint density at radius 1 is 1.42 bits per heavy atom. The molecule has 0 aliphatic carbocycles. The Kier molecular flexibility index (Phi) is 4.27. The fourth-order valence-electron chi connectivity index (χ4n) is 2.64. The molecule has 0 saturated carbocycles. The molecule has 5 nitrogen and oxygen atoms in total. The predicted molar refractivity (Wildman–Crippen MR) is 70.7 cm³/mol. The summed E-state index contributed by atoms with van der Waals surface area (Å²) >= 11 is 0. The average Bonchev–Trinajstić information content (AvgIpc) is 2.85. The second-order valence-corrected chi connectivity index (χ2v) is 4.63. The molecule has 0 amide bonds. The quantitative estimate of drug-likeness (QED) is 0.881. The largest absolute Gasteiger partial charge is 0.497 e. The van der Waals surface area contributed by atoms with Gasteiger partial charge in [-0.15, -0.1) is 0 Å². The molecule has 1 heterocycles. The number of methoxy groups -OCH3 is 2. The molecule has 1 N–H and O–H groups in total. The minimum absolute atomic E-state index is 0.0693. The summed E-state index contributed by atoms with van der Waals surface area (Å²) in [5, 5.41) is 8.95. The van der Waals surface area contributed by atoms with Gasteiger partial charge < -0.3 is 14.6 Å². The van der Waals surface area contributed by atoms with Crippen LogP contribution in [-0.2, 0) is 4.79 Å². The van der Waals surface area contributed by atoms with Crippen LogP contribution in [0.25, 0.3) is 0 Å². The van der Waals surface area contributed by atoms with Gasteiger partial charge in [-0.25, -0.2) is 0 Å². The summed E-state index contributed by atoms with van der Waals surface area (Å²) in [4.78, 5) is 12.9. The molecule has 1 aromatic rings. The Labute approximate surface area is 112 Å². The van der Waals surface area contributed by atoms with Crippen LogP contribution in [0.1, 0.15) is 24.4 Å². The maximum atomic E-state index is 10.9. The summed E-state index contributed by atoms with van der Waals surface area (Å²) in [6.45, 7) is 0.881. The van der Waals surface area contributed by atoms with Gasteiger partial charge >= 0.3 is 5.97 Å². The number of likely N-dealkylation sites (tertiary alicyclic amines) is 1. The average molecular weight is 265 g/mol. The number of ether oxygens (including phenoxy) is 2. The lowest BCUT2D eigenvalue weighted by Crippen LogP contribution is -2.29. The van der Waals surface area contributed by atoms with Gasteiger partial charge in [0.1, 0.15) is 11.5 Å². The Balaban J connectivity index is 2.27. The van der Waals surface area contributed by atoms with Crippen molar-refractivity contribution in [3.05, 3.63) is 23.8 Å². The van der Waals surface area contributed by atoms with E-state index >= 15 is 0 Å². The van der Waals surface area contributed by atoms with E-state index in [1.54, 1.807) is 14.2 Å². The molecule has 2 rings (SSSR count). The van der Waals surface area contributed by atoms with Gasteiger partial charge in [-0.1, -0.05) is 6.07 Å². The summed E-state index contributed by atoms with van der Waals surface area (Å²) < 4.78 is 10.6. The Morgan fingerprint density at radius 3 is 2.84 bits per heavy atom. The van der Waals surface area contributed by atoms with Gasteiger partial charge in [0.15, 0.2) is 0 Å². The highest BCUT2D eigenvalue weighted by Gasteiger charge is 2.29. The van der Waals surface area contributed by atoms with E-state index in [1.807, 2.05) is 23.1 Å². The molecular weight excluding hydrogens is 246 g/mol. The summed E-state index contributed by atoms with van der Waals surface area (Å²) in [5.41, 5.74) is 1.03. The zero-order chi connectivity index (χ0) is 13.8. The van der Waals surface area contributed by atoms with E-state index in [4.69, 9.17) is 14.6 Å². The van der Waals surface area contributed by atoms with Crippen LogP contribution >= 0.6 is 0 Å². The lowest BCUT2D eigenvalue weighted by Gasteiger charge is -2.24. The van der Waals surface area contributed by atoms with Crippen molar-refractivity contribution in [1.29, 1.82) is 0 Å². The fraction of sp³-hybridized carbons (Fsp3) is 0.500. The van der Waals surface area contributed by atoms with Gasteiger partial charge in [-0.3, -0.25) is 9.69 Å². The number of hydrogen-bond acceptors (Lipinski definition) is 4. The fourth-order valence-corrected chi connectivity index (χ4v) is 2.64. The second kappa shape index (κ2) is 5.93. The zero-order valence-electron chi connectivity index (χ0n) is 11.3. The zero-order valence-corrected chi connectivity index (χ0v) is 11.3. The van der Waals surface area contributed by atoms with Crippen molar-refractivity contribution in [3.63, 3.8) is 0 Å². The smallest absolute Gasteiger partial charge is 0.317 e. The van der Waals surface area contributed by atoms with Crippen LogP contribution in [0, 0.1) is 0 Å². The normalized spacial score (nSPS) is 19.4. The number of carbonyl (C=O) groups is 1. The first-order valence-corrected chi connectivity index (χ1v) is 6.33. The number of aliphatic carboxylic acids is 1. The Bertz CT molecular complexity index is 461. The van der Waals surface area contributed by atoms with Gasteiger partial charge in [-0.05, 0) is 25.5 Å². The molecule has 1 unspecified atom stereocenters. The minimum Gasteiger partial charge on any atom is -0.497 e. The molecule has 0 spiro atoms. The molecular formula is C14H19NO4. The SMILES string of the molecule is COc1ccc(C2CCCN2CC(=O)O)c(OC)c1. The van der Waals surface area contributed by atoms with E-state index in [-0.39, 0.29) is 12.6 Å². The van der Waals surface area contributed by atoms with E-state index in [9.17, 15) is 4.79 Å². The van der Waals surface area contributed by atoms with E-state index < -0.39 is 5.97 Å². The van der Waals surface area contributed by atoms with Crippen LogP contribution < -0.4 is 9.47 Å². The van der Waals surface area contributed by atoms with Crippen LogP contribution in [0.15, 0.2) is 18.2 Å². The first-order chi connectivity index (χ1) is 9.15. The Morgan fingerprint density at radius 2 is 2.21 bits per heavy atom. The minimum atomic E-state index is -0.792. The first-order valence-electron chi connectivity index (χ1n) is 6.33. The second-order valence-electron chi connectivity index (χ2n) is 4.63. The van der Waals surface area contributed by atoms with Crippen LogP contribution in [-0.4, -0.2) is 43.3 Å². The summed E-state index contributed by atoms with van der Waals surface area (Å²) in [7, 11) is 3.23. The van der Waals surface area contributed by atoms with E-state index in [0.29, 0.717) is 0 Å².